The quantitative estimate of drug-likeness (QED) is 0.734. The molecule has 1 atom stereocenters. The van der Waals surface area contributed by atoms with Gasteiger partial charge in [-0.3, -0.25) is 0 Å². The Balaban J connectivity index is 2.00. The number of rotatable bonds is 1. The summed E-state index contributed by atoms with van der Waals surface area (Å²) in [5, 5.41) is 0. The highest BCUT2D eigenvalue weighted by atomic mass is 14.9. The van der Waals surface area contributed by atoms with Crippen molar-refractivity contribution >= 4 is 0 Å². The van der Waals surface area contributed by atoms with Crippen molar-refractivity contribution in [3.8, 4) is 0 Å². The van der Waals surface area contributed by atoms with Crippen LogP contribution in [0.4, 0.5) is 0 Å². The summed E-state index contributed by atoms with van der Waals surface area (Å²) in [7, 11) is 0. The van der Waals surface area contributed by atoms with Crippen molar-refractivity contribution in [2.45, 2.75) is 56.9 Å². The minimum Gasteiger partial charge on any atom is -0.324 e. The summed E-state index contributed by atoms with van der Waals surface area (Å²) in [4.78, 5) is 9.29. The van der Waals surface area contributed by atoms with Gasteiger partial charge in [0.05, 0.1) is 0 Å². The molecular formula is C13H19N3. The number of fused-ring (bicyclic) bond motifs is 1. The van der Waals surface area contributed by atoms with E-state index in [9.17, 15) is 0 Å². The van der Waals surface area contributed by atoms with Crippen molar-refractivity contribution in [2.24, 2.45) is 5.73 Å². The fraction of sp³-hybridized carbons (Fsp3) is 0.692. The van der Waals surface area contributed by atoms with Crippen molar-refractivity contribution in [3.63, 3.8) is 0 Å². The molecule has 1 aromatic rings. The van der Waals surface area contributed by atoms with Crippen LogP contribution in [0.5, 0.6) is 0 Å². The smallest absolute Gasteiger partial charge is 0.134 e. The molecule has 1 saturated carbocycles. The van der Waals surface area contributed by atoms with Crippen LogP contribution in [-0.2, 0) is 11.8 Å². The molecule has 0 amide bonds. The van der Waals surface area contributed by atoms with Crippen LogP contribution in [0.2, 0.25) is 0 Å². The molecule has 0 saturated heterocycles. The third kappa shape index (κ3) is 1.63. The number of nitrogens with zero attached hydrogens (tertiary/aromatic N) is 2. The summed E-state index contributed by atoms with van der Waals surface area (Å²) in [5.41, 5.74) is 8.81. The van der Waals surface area contributed by atoms with Crippen molar-refractivity contribution in [1.29, 1.82) is 0 Å². The van der Waals surface area contributed by atoms with Crippen LogP contribution in [0, 0.1) is 0 Å². The first kappa shape index (κ1) is 10.2. The van der Waals surface area contributed by atoms with Gasteiger partial charge in [0.1, 0.15) is 5.82 Å². The Bertz CT molecular complexity index is 410. The maximum Gasteiger partial charge on any atom is 0.134 e. The van der Waals surface area contributed by atoms with Gasteiger partial charge in [0.2, 0.25) is 0 Å². The lowest BCUT2D eigenvalue weighted by Crippen LogP contribution is -2.15. The van der Waals surface area contributed by atoms with Crippen LogP contribution in [0.3, 0.4) is 0 Å². The predicted octanol–water partition coefficient (Wildman–Crippen LogP) is 2.25. The standard InChI is InChI=1S/C13H19N3/c1-13(6-7-13)12-15-8-9-10(14)4-2-3-5-11(9)16-12/h8,10H,2-7,14H2,1H3. The van der Waals surface area contributed by atoms with E-state index < -0.39 is 0 Å². The van der Waals surface area contributed by atoms with E-state index in [4.69, 9.17) is 10.7 Å². The first-order valence-corrected chi connectivity index (χ1v) is 6.31. The van der Waals surface area contributed by atoms with E-state index in [1.54, 1.807) is 0 Å². The monoisotopic (exact) mass is 217 g/mol. The summed E-state index contributed by atoms with van der Waals surface area (Å²) in [6.45, 7) is 2.26. The minimum absolute atomic E-state index is 0.151. The molecule has 1 fully saturated rings. The van der Waals surface area contributed by atoms with E-state index in [0.717, 1.165) is 18.7 Å². The Morgan fingerprint density at radius 1 is 1.38 bits per heavy atom. The van der Waals surface area contributed by atoms with Gasteiger partial charge >= 0.3 is 0 Å². The van der Waals surface area contributed by atoms with E-state index in [0.29, 0.717) is 0 Å². The molecule has 0 bridgehead atoms. The normalized spacial score (nSPS) is 27.0. The average molecular weight is 217 g/mol. The van der Waals surface area contributed by atoms with E-state index >= 15 is 0 Å². The Morgan fingerprint density at radius 3 is 2.94 bits per heavy atom. The van der Waals surface area contributed by atoms with Gasteiger partial charge in [0.25, 0.3) is 0 Å². The van der Waals surface area contributed by atoms with Gasteiger partial charge in [-0.15, -0.1) is 0 Å². The molecule has 86 valence electrons. The molecule has 1 aromatic heterocycles. The Kier molecular flexibility index (Phi) is 2.25. The van der Waals surface area contributed by atoms with Gasteiger partial charge in [-0.1, -0.05) is 13.3 Å². The Hall–Kier alpha value is -0.960. The number of aryl methyl sites for hydroxylation is 1. The molecule has 0 radical (unpaired) electrons. The number of aromatic nitrogens is 2. The van der Waals surface area contributed by atoms with Gasteiger partial charge in [-0.2, -0.15) is 0 Å². The van der Waals surface area contributed by atoms with Crippen LogP contribution in [0.15, 0.2) is 6.20 Å². The molecular weight excluding hydrogens is 198 g/mol. The number of nitrogens with two attached hydrogens (primary N) is 1. The van der Waals surface area contributed by atoms with Gasteiger partial charge < -0.3 is 5.73 Å². The number of hydrogen-bond acceptors (Lipinski definition) is 3. The molecule has 0 aromatic carbocycles. The van der Waals surface area contributed by atoms with E-state index in [2.05, 4.69) is 11.9 Å². The molecule has 16 heavy (non-hydrogen) atoms. The first-order chi connectivity index (χ1) is 7.69. The average Bonchev–Trinajstić information content (AvgIpc) is 3.05. The van der Waals surface area contributed by atoms with Crippen LogP contribution < -0.4 is 5.73 Å². The summed E-state index contributed by atoms with van der Waals surface area (Å²) < 4.78 is 0. The highest BCUT2D eigenvalue weighted by molar-refractivity contribution is 5.26. The lowest BCUT2D eigenvalue weighted by Gasteiger charge is -2.14. The summed E-state index contributed by atoms with van der Waals surface area (Å²) in [6.07, 6.45) is 9.03. The van der Waals surface area contributed by atoms with Crippen LogP contribution in [0.1, 0.15) is 62.2 Å². The van der Waals surface area contributed by atoms with E-state index in [-0.39, 0.29) is 11.5 Å². The fourth-order valence-electron chi connectivity index (χ4n) is 2.45. The molecule has 1 unspecified atom stereocenters. The maximum atomic E-state index is 6.14. The molecule has 3 nitrogen and oxygen atoms in total. The van der Waals surface area contributed by atoms with Gasteiger partial charge in [0, 0.05) is 28.9 Å². The van der Waals surface area contributed by atoms with Crippen molar-refractivity contribution in [1.82, 2.24) is 9.97 Å². The molecule has 2 N–H and O–H groups in total. The van der Waals surface area contributed by atoms with E-state index in [1.165, 1.54) is 36.9 Å². The zero-order chi connectivity index (χ0) is 11.2. The van der Waals surface area contributed by atoms with E-state index in [1.807, 2.05) is 6.20 Å². The zero-order valence-electron chi connectivity index (χ0n) is 9.87. The summed E-state index contributed by atoms with van der Waals surface area (Å²) >= 11 is 0. The molecule has 3 rings (SSSR count). The Labute approximate surface area is 96.5 Å². The highest BCUT2D eigenvalue weighted by Gasteiger charge is 2.42. The molecule has 0 spiro atoms. The minimum atomic E-state index is 0.151. The fourth-order valence-corrected chi connectivity index (χ4v) is 2.45. The second-order valence-corrected chi connectivity index (χ2v) is 5.51. The Morgan fingerprint density at radius 2 is 2.19 bits per heavy atom. The van der Waals surface area contributed by atoms with Crippen LogP contribution >= 0.6 is 0 Å². The topological polar surface area (TPSA) is 51.8 Å². The highest BCUT2D eigenvalue weighted by Crippen LogP contribution is 2.46. The third-order valence-corrected chi connectivity index (χ3v) is 4.02. The van der Waals surface area contributed by atoms with Gasteiger partial charge in [-0.25, -0.2) is 9.97 Å². The SMILES string of the molecule is CC1(c2ncc3c(n2)CCCCC3N)CC1. The molecule has 0 aliphatic heterocycles. The summed E-state index contributed by atoms with van der Waals surface area (Å²) in [5.74, 6) is 1.04. The maximum absolute atomic E-state index is 6.14. The lowest BCUT2D eigenvalue weighted by molar-refractivity contribution is 0.613. The lowest BCUT2D eigenvalue weighted by atomic mass is 10.0. The van der Waals surface area contributed by atoms with Gasteiger partial charge in [-0.05, 0) is 32.1 Å². The molecule has 2 aliphatic rings. The van der Waals surface area contributed by atoms with Crippen molar-refractivity contribution < 1.29 is 0 Å². The first-order valence-electron chi connectivity index (χ1n) is 6.31. The number of hydrogen-bond donors (Lipinski definition) is 1. The molecule has 1 heterocycles. The predicted molar refractivity (Wildman–Crippen MR) is 63.1 cm³/mol. The largest absolute Gasteiger partial charge is 0.324 e. The third-order valence-electron chi connectivity index (χ3n) is 4.02. The second kappa shape index (κ2) is 3.52. The van der Waals surface area contributed by atoms with Crippen LogP contribution in [-0.4, -0.2) is 9.97 Å². The van der Waals surface area contributed by atoms with Crippen LogP contribution in [0.25, 0.3) is 0 Å². The van der Waals surface area contributed by atoms with Crippen molar-refractivity contribution in [2.75, 3.05) is 0 Å². The summed E-state index contributed by atoms with van der Waals surface area (Å²) in [6, 6.07) is 0.151. The van der Waals surface area contributed by atoms with Crippen molar-refractivity contribution in [3.05, 3.63) is 23.3 Å². The molecule has 2 aliphatic carbocycles. The second-order valence-electron chi connectivity index (χ2n) is 5.51. The zero-order valence-corrected chi connectivity index (χ0v) is 9.87. The van der Waals surface area contributed by atoms with Gasteiger partial charge in [0.15, 0.2) is 0 Å². The molecule has 3 heteroatoms.